The van der Waals surface area contributed by atoms with Gasteiger partial charge in [-0.25, -0.2) is 4.98 Å². The summed E-state index contributed by atoms with van der Waals surface area (Å²) in [6, 6.07) is 3.93. The standard InChI is InChI=1S/C18H26N4O4S/c1-23-4-5-26-6-7-27-16-14(24-2)9-12(10-15(16)25-3)8-13-11-21-18(20)22-17(13)19/h9-11H,4-8H2,1-3H3,(H4,19,20,21,22). The van der Waals surface area contributed by atoms with Crippen molar-refractivity contribution in [3.63, 3.8) is 0 Å². The van der Waals surface area contributed by atoms with Crippen molar-refractivity contribution in [1.82, 2.24) is 9.97 Å². The lowest BCUT2D eigenvalue weighted by molar-refractivity contribution is 0.0790. The lowest BCUT2D eigenvalue weighted by Crippen LogP contribution is -2.05. The van der Waals surface area contributed by atoms with Crippen molar-refractivity contribution in [3.8, 4) is 11.5 Å². The van der Waals surface area contributed by atoms with Gasteiger partial charge < -0.3 is 30.4 Å². The zero-order chi connectivity index (χ0) is 19.6. The quantitative estimate of drug-likeness (QED) is 0.436. The Morgan fingerprint density at radius 3 is 2.30 bits per heavy atom. The highest BCUT2D eigenvalue weighted by atomic mass is 32.2. The number of anilines is 2. The summed E-state index contributed by atoms with van der Waals surface area (Å²) in [7, 11) is 4.93. The van der Waals surface area contributed by atoms with E-state index in [-0.39, 0.29) is 5.95 Å². The maximum atomic E-state index is 5.94. The van der Waals surface area contributed by atoms with Gasteiger partial charge in [-0.3, -0.25) is 0 Å². The molecule has 8 nitrogen and oxygen atoms in total. The summed E-state index contributed by atoms with van der Waals surface area (Å²) in [5.41, 5.74) is 13.3. The zero-order valence-electron chi connectivity index (χ0n) is 15.9. The van der Waals surface area contributed by atoms with Gasteiger partial charge in [-0.1, -0.05) is 0 Å². The fourth-order valence-corrected chi connectivity index (χ4v) is 3.39. The van der Waals surface area contributed by atoms with E-state index >= 15 is 0 Å². The molecule has 0 atom stereocenters. The molecule has 1 aromatic carbocycles. The third-order valence-corrected chi connectivity index (χ3v) is 4.80. The monoisotopic (exact) mass is 394 g/mol. The van der Waals surface area contributed by atoms with Gasteiger partial charge in [-0.15, -0.1) is 11.8 Å². The summed E-state index contributed by atoms with van der Waals surface area (Å²) in [5, 5.41) is 0. The van der Waals surface area contributed by atoms with Crippen molar-refractivity contribution in [1.29, 1.82) is 0 Å². The van der Waals surface area contributed by atoms with Crippen LogP contribution in [0, 0.1) is 0 Å². The van der Waals surface area contributed by atoms with E-state index in [2.05, 4.69) is 9.97 Å². The van der Waals surface area contributed by atoms with Crippen molar-refractivity contribution < 1.29 is 18.9 Å². The van der Waals surface area contributed by atoms with Crippen LogP contribution in [0.15, 0.2) is 23.2 Å². The number of hydrogen-bond acceptors (Lipinski definition) is 9. The molecule has 1 heterocycles. The third-order valence-electron chi connectivity index (χ3n) is 3.74. The Balaban J connectivity index is 2.12. The van der Waals surface area contributed by atoms with Gasteiger partial charge in [0.25, 0.3) is 0 Å². The Labute approximate surface area is 163 Å². The Bertz CT molecular complexity index is 720. The van der Waals surface area contributed by atoms with Crippen LogP contribution >= 0.6 is 11.8 Å². The topological polar surface area (TPSA) is 115 Å². The molecule has 9 heteroatoms. The molecule has 0 aliphatic rings. The number of aromatic nitrogens is 2. The van der Waals surface area contributed by atoms with Gasteiger partial charge >= 0.3 is 0 Å². The van der Waals surface area contributed by atoms with E-state index in [0.717, 1.165) is 33.3 Å². The summed E-state index contributed by atoms with van der Waals surface area (Å²) < 4.78 is 21.6. The second-order valence-corrected chi connectivity index (χ2v) is 6.70. The Kier molecular flexibility index (Phi) is 8.43. The van der Waals surface area contributed by atoms with Crippen molar-refractivity contribution in [2.24, 2.45) is 0 Å². The van der Waals surface area contributed by atoms with Crippen LogP contribution < -0.4 is 20.9 Å². The molecule has 148 valence electrons. The second-order valence-electron chi connectivity index (χ2n) is 5.60. The minimum absolute atomic E-state index is 0.158. The van der Waals surface area contributed by atoms with E-state index in [1.807, 2.05) is 12.1 Å². The highest BCUT2D eigenvalue weighted by Gasteiger charge is 2.15. The van der Waals surface area contributed by atoms with Gasteiger partial charge in [0.15, 0.2) is 0 Å². The lowest BCUT2D eigenvalue weighted by atomic mass is 10.1. The van der Waals surface area contributed by atoms with Crippen LogP contribution in [-0.2, 0) is 15.9 Å². The molecule has 1 aromatic heterocycles. The number of nitrogen functional groups attached to an aromatic ring is 2. The van der Waals surface area contributed by atoms with Crippen LogP contribution in [-0.4, -0.2) is 56.9 Å². The van der Waals surface area contributed by atoms with Crippen molar-refractivity contribution in [2.75, 3.05) is 58.4 Å². The third kappa shape index (κ3) is 6.16. The predicted molar refractivity (Wildman–Crippen MR) is 107 cm³/mol. The number of rotatable bonds is 11. The first-order chi connectivity index (χ1) is 13.1. The van der Waals surface area contributed by atoms with Crippen LogP contribution in [0.3, 0.4) is 0 Å². The average Bonchev–Trinajstić information content (AvgIpc) is 2.66. The van der Waals surface area contributed by atoms with Crippen molar-refractivity contribution >= 4 is 23.5 Å². The van der Waals surface area contributed by atoms with Gasteiger partial charge in [0.2, 0.25) is 5.95 Å². The molecule has 2 rings (SSSR count). The highest BCUT2D eigenvalue weighted by Crippen LogP contribution is 2.39. The Hall–Kier alpha value is -2.23. The van der Waals surface area contributed by atoms with Crippen LogP contribution in [0.1, 0.15) is 11.1 Å². The van der Waals surface area contributed by atoms with Crippen LogP contribution in [0.5, 0.6) is 11.5 Å². The minimum Gasteiger partial charge on any atom is -0.495 e. The number of ether oxygens (including phenoxy) is 4. The smallest absolute Gasteiger partial charge is 0.221 e. The largest absolute Gasteiger partial charge is 0.495 e. The lowest BCUT2D eigenvalue weighted by Gasteiger charge is -2.15. The van der Waals surface area contributed by atoms with E-state index < -0.39 is 0 Å². The van der Waals surface area contributed by atoms with Gasteiger partial charge in [0.1, 0.15) is 17.3 Å². The molecule has 0 aliphatic heterocycles. The highest BCUT2D eigenvalue weighted by molar-refractivity contribution is 7.99. The minimum atomic E-state index is 0.158. The number of nitrogens with two attached hydrogens (primary N) is 2. The molecule has 0 saturated carbocycles. The zero-order valence-corrected chi connectivity index (χ0v) is 16.7. The van der Waals surface area contributed by atoms with Crippen LogP contribution in [0.2, 0.25) is 0 Å². The summed E-state index contributed by atoms with van der Waals surface area (Å²) >= 11 is 1.62. The fraction of sp³-hybridized carbons (Fsp3) is 0.444. The Morgan fingerprint density at radius 1 is 1.00 bits per heavy atom. The maximum Gasteiger partial charge on any atom is 0.221 e. The maximum absolute atomic E-state index is 5.94. The molecule has 0 spiro atoms. The fourth-order valence-electron chi connectivity index (χ4n) is 2.42. The van der Waals surface area contributed by atoms with Crippen LogP contribution in [0.4, 0.5) is 11.8 Å². The van der Waals surface area contributed by atoms with Crippen LogP contribution in [0.25, 0.3) is 0 Å². The SMILES string of the molecule is COCCOCCSc1c(OC)cc(Cc2cnc(N)nc2N)cc1OC. The normalized spacial score (nSPS) is 10.8. The summed E-state index contributed by atoms with van der Waals surface area (Å²) in [6.07, 6.45) is 2.18. The summed E-state index contributed by atoms with van der Waals surface area (Å²) in [5.74, 6) is 2.77. The number of benzene rings is 1. The van der Waals surface area contributed by atoms with E-state index in [4.69, 9.17) is 30.4 Å². The molecule has 0 aliphatic carbocycles. The van der Waals surface area contributed by atoms with E-state index in [1.165, 1.54) is 0 Å². The molecule has 0 bridgehead atoms. The first-order valence-electron chi connectivity index (χ1n) is 8.40. The number of hydrogen-bond donors (Lipinski definition) is 2. The predicted octanol–water partition coefficient (Wildman–Crippen LogP) is 2.00. The van der Waals surface area contributed by atoms with E-state index in [9.17, 15) is 0 Å². The molecule has 0 fully saturated rings. The Morgan fingerprint density at radius 2 is 1.70 bits per heavy atom. The summed E-state index contributed by atoms with van der Waals surface area (Å²) in [6.45, 7) is 1.78. The van der Waals surface area contributed by atoms with Gasteiger partial charge in [0, 0.05) is 31.0 Å². The van der Waals surface area contributed by atoms with Crippen molar-refractivity contribution in [2.45, 2.75) is 11.3 Å². The molecule has 0 amide bonds. The second kappa shape index (κ2) is 10.8. The molecule has 0 saturated heterocycles. The van der Waals surface area contributed by atoms with E-state index in [1.54, 1.807) is 39.3 Å². The molecular weight excluding hydrogens is 368 g/mol. The van der Waals surface area contributed by atoms with Crippen molar-refractivity contribution in [3.05, 3.63) is 29.5 Å². The van der Waals surface area contributed by atoms with Gasteiger partial charge in [-0.05, 0) is 17.7 Å². The first-order valence-corrected chi connectivity index (χ1v) is 9.38. The molecule has 2 aromatic rings. The number of methoxy groups -OCH3 is 3. The number of nitrogens with zero attached hydrogens (tertiary/aromatic N) is 2. The first kappa shape index (κ1) is 21.1. The average molecular weight is 394 g/mol. The van der Waals surface area contributed by atoms with E-state index in [0.29, 0.717) is 32.1 Å². The number of thioether (sulfide) groups is 1. The summed E-state index contributed by atoms with van der Waals surface area (Å²) in [4.78, 5) is 8.94. The van der Waals surface area contributed by atoms with Gasteiger partial charge in [-0.2, -0.15) is 4.98 Å². The molecular formula is C18H26N4O4S. The molecule has 27 heavy (non-hydrogen) atoms. The molecule has 4 N–H and O–H groups in total. The molecule has 0 unspecified atom stereocenters. The van der Waals surface area contributed by atoms with Gasteiger partial charge in [0.05, 0.1) is 38.9 Å². The molecule has 0 radical (unpaired) electrons.